The smallest absolute Gasteiger partial charge is 0.226 e. The largest absolute Gasteiger partial charge is 0.301 e. The van der Waals surface area contributed by atoms with Gasteiger partial charge in [0, 0.05) is 17.4 Å². The zero-order valence-corrected chi connectivity index (χ0v) is 14.4. The highest BCUT2D eigenvalue weighted by Gasteiger charge is 2.14. The molecule has 0 bridgehead atoms. The first-order chi connectivity index (χ1) is 10.6. The molecular formula is C16H20ClN3OS. The highest BCUT2D eigenvalue weighted by Crippen LogP contribution is 2.28. The van der Waals surface area contributed by atoms with E-state index in [1.165, 1.54) is 11.3 Å². The summed E-state index contributed by atoms with van der Waals surface area (Å²) >= 11 is 7.31. The van der Waals surface area contributed by atoms with Crippen LogP contribution in [0.3, 0.4) is 0 Å². The van der Waals surface area contributed by atoms with Crippen LogP contribution in [0.5, 0.6) is 0 Å². The Hall–Kier alpha value is -1.46. The minimum absolute atomic E-state index is 0.0396. The van der Waals surface area contributed by atoms with E-state index in [4.69, 9.17) is 11.6 Å². The lowest BCUT2D eigenvalue weighted by Gasteiger charge is -2.05. The minimum atomic E-state index is -0.0396. The van der Waals surface area contributed by atoms with Gasteiger partial charge in [0.15, 0.2) is 0 Å². The molecule has 4 nitrogen and oxygen atoms in total. The number of rotatable bonds is 7. The normalized spacial score (nSPS) is 10.9. The molecule has 22 heavy (non-hydrogen) atoms. The number of halogens is 1. The van der Waals surface area contributed by atoms with Crippen LogP contribution in [0.1, 0.15) is 49.6 Å². The molecule has 0 radical (unpaired) electrons. The van der Waals surface area contributed by atoms with Crippen molar-refractivity contribution in [2.75, 3.05) is 5.32 Å². The fourth-order valence-corrected chi connectivity index (χ4v) is 3.33. The third-order valence-corrected chi connectivity index (χ3v) is 4.83. The van der Waals surface area contributed by atoms with Crippen molar-refractivity contribution in [3.63, 3.8) is 0 Å². The third-order valence-electron chi connectivity index (χ3n) is 3.58. The van der Waals surface area contributed by atoms with Crippen molar-refractivity contribution in [2.24, 2.45) is 0 Å². The molecule has 0 aliphatic rings. The van der Waals surface area contributed by atoms with Crippen LogP contribution in [0.25, 0.3) is 0 Å². The monoisotopic (exact) mass is 337 g/mol. The molecule has 0 unspecified atom stereocenters. The number of carbonyl (C=O) groups is 1. The summed E-state index contributed by atoms with van der Waals surface area (Å²) in [5, 5.41) is 13.4. The average molecular weight is 338 g/mol. The zero-order valence-electron chi connectivity index (χ0n) is 12.8. The Morgan fingerprint density at radius 2 is 1.91 bits per heavy atom. The van der Waals surface area contributed by atoms with E-state index in [1.807, 2.05) is 24.3 Å². The molecule has 1 N–H and O–H groups in total. The van der Waals surface area contributed by atoms with Crippen molar-refractivity contribution < 1.29 is 4.79 Å². The van der Waals surface area contributed by atoms with Gasteiger partial charge in [-0.15, -0.1) is 10.2 Å². The molecule has 118 valence electrons. The van der Waals surface area contributed by atoms with Gasteiger partial charge < -0.3 is 5.32 Å². The van der Waals surface area contributed by atoms with Gasteiger partial charge in [-0.3, -0.25) is 4.79 Å². The van der Waals surface area contributed by atoms with E-state index in [-0.39, 0.29) is 5.91 Å². The van der Waals surface area contributed by atoms with E-state index < -0.39 is 0 Å². The van der Waals surface area contributed by atoms with E-state index in [9.17, 15) is 4.79 Å². The van der Waals surface area contributed by atoms with Crippen molar-refractivity contribution >= 4 is 34.0 Å². The van der Waals surface area contributed by atoms with Gasteiger partial charge in [-0.05, 0) is 37.0 Å². The quantitative estimate of drug-likeness (QED) is 0.799. The van der Waals surface area contributed by atoms with Crippen LogP contribution in [0.2, 0.25) is 5.02 Å². The Morgan fingerprint density at radius 3 is 2.55 bits per heavy atom. The predicted octanol–water partition coefficient (Wildman–Crippen LogP) is 4.67. The first-order valence-electron chi connectivity index (χ1n) is 7.50. The van der Waals surface area contributed by atoms with Gasteiger partial charge in [0.2, 0.25) is 11.0 Å². The molecule has 2 aromatic rings. The van der Waals surface area contributed by atoms with Crippen molar-refractivity contribution in [1.29, 1.82) is 0 Å². The second kappa shape index (κ2) is 8.25. The van der Waals surface area contributed by atoms with Crippen LogP contribution >= 0.6 is 22.9 Å². The number of nitrogens with one attached hydrogen (secondary N) is 1. The van der Waals surface area contributed by atoms with Crippen LogP contribution in [0.4, 0.5) is 5.13 Å². The number of anilines is 1. The standard InChI is InChI=1S/C16H20ClN3OS/c1-3-12(4-2)15-19-20-16(22-15)18-14(21)10-7-11-5-8-13(17)9-6-11/h5-6,8-9,12H,3-4,7,10H2,1-2H3,(H,18,20,21). The minimum Gasteiger partial charge on any atom is -0.301 e. The molecule has 0 fully saturated rings. The highest BCUT2D eigenvalue weighted by atomic mass is 35.5. The number of aryl methyl sites for hydroxylation is 1. The van der Waals surface area contributed by atoms with Crippen molar-refractivity contribution in [3.8, 4) is 0 Å². The molecule has 0 saturated heterocycles. The molecule has 6 heteroatoms. The van der Waals surface area contributed by atoms with Gasteiger partial charge in [0.05, 0.1) is 0 Å². The molecular weight excluding hydrogens is 318 g/mol. The van der Waals surface area contributed by atoms with Gasteiger partial charge >= 0.3 is 0 Å². The maximum atomic E-state index is 12.0. The predicted molar refractivity (Wildman–Crippen MR) is 91.6 cm³/mol. The fraction of sp³-hybridized carbons (Fsp3) is 0.438. The molecule has 0 aliphatic heterocycles. The fourth-order valence-electron chi connectivity index (χ4n) is 2.18. The Morgan fingerprint density at radius 1 is 1.23 bits per heavy atom. The summed E-state index contributed by atoms with van der Waals surface area (Å²) in [6, 6.07) is 7.54. The second-order valence-electron chi connectivity index (χ2n) is 5.13. The maximum Gasteiger partial charge on any atom is 0.226 e. The van der Waals surface area contributed by atoms with Crippen LogP contribution in [-0.4, -0.2) is 16.1 Å². The summed E-state index contributed by atoms with van der Waals surface area (Å²) in [6.07, 6.45) is 3.17. The van der Waals surface area contributed by atoms with Gasteiger partial charge in [0.25, 0.3) is 0 Å². The van der Waals surface area contributed by atoms with Gasteiger partial charge in [0.1, 0.15) is 5.01 Å². The van der Waals surface area contributed by atoms with Crippen molar-refractivity contribution in [3.05, 3.63) is 39.9 Å². The number of carbonyl (C=O) groups excluding carboxylic acids is 1. The molecule has 0 saturated carbocycles. The summed E-state index contributed by atoms with van der Waals surface area (Å²) in [7, 11) is 0. The SMILES string of the molecule is CCC(CC)c1nnc(NC(=O)CCc2ccc(Cl)cc2)s1. The summed E-state index contributed by atoms with van der Waals surface area (Å²) in [5.41, 5.74) is 1.09. The molecule has 0 atom stereocenters. The van der Waals surface area contributed by atoms with Gasteiger partial charge in [-0.2, -0.15) is 0 Å². The lowest BCUT2D eigenvalue weighted by Crippen LogP contribution is -2.12. The molecule has 0 aliphatic carbocycles. The van der Waals surface area contributed by atoms with Crippen LogP contribution in [0, 0.1) is 0 Å². The number of benzene rings is 1. The zero-order chi connectivity index (χ0) is 15.9. The summed E-state index contributed by atoms with van der Waals surface area (Å²) in [4.78, 5) is 12.0. The Kier molecular flexibility index (Phi) is 6.34. The molecule has 2 rings (SSSR count). The number of nitrogens with zero attached hydrogens (tertiary/aromatic N) is 2. The Balaban J connectivity index is 1.85. The van der Waals surface area contributed by atoms with E-state index in [1.54, 1.807) is 0 Å². The summed E-state index contributed by atoms with van der Waals surface area (Å²) < 4.78 is 0. The number of aromatic nitrogens is 2. The average Bonchev–Trinajstić information content (AvgIpc) is 2.96. The van der Waals surface area contributed by atoms with Crippen LogP contribution in [0.15, 0.2) is 24.3 Å². The summed E-state index contributed by atoms with van der Waals surface area (Å²) in [6.45, 7) is 4.28. The lowest BCUT2D eigenvalue weighted by molar-refractivity contribution is -0.116. The maximum absolute atomic E-state index is 12.0. The molecule has 1 heterocycles. The van der Waals surface area contributed by atoms with Crippen LogP contribution in [-0.2, 0) is 11.2 Å². The molecule has 1 amide bonds. The number of amides is 1. The first kappa shape index (κ1) is 16.9. The van der Waals surface area contributed by atoms with Crippen molar-refractivity contribution in [2.45, 2.75) is 45.4 Å². The molecule has 1 aromatic carbocycles. The van der Waals surface area contributed by atoms with E-state index >= 15 is 0 Å². The summed E-state index contributed by atoms with van der Waals surface area (Å²) in [5.74, 6) is 0.388. The van der Waals surface area contributed by atoms with E-state index in [0.29, 0.717) is 28.9 Å². The second-order valence-corrected chi connectivity index (χ2v) is 6.58. The molecule has 0 spiro atoms. The van der Waals surface area contributed by atoms with E-state index in [2.05, 4.69) is 29.4 Å². The molecule has 1 aromatic heterocycles. The topological polar surface area (TPSA) is 54.9 Å². The first-order valence-corrected chi connectivity index (χ1v) is 8.69. The van der Waals surface area contributed by atoms with E-state index in [0.717, 1.165) is 23.4 Å². The number of hydrogen-bond acceptors (Lipinski definition) is 4. The Bertz CT molecular complexity index is 608. The van der Waals surface area contributed by atoms with Gasteiger partial charge in [-0.1, -0.05) is 48.9 Å². The highest BCUT2D eigenvalue weighted by molar-refractivity contribution is 7.15. The van der Waals surface area contributed by atoms with Crippen LogP contribution < -0.4 is 5.32 Å². The number of hydrogen-bond donors (Lipinski definition) is 1. The third kappa shape index (κ3) is 4.78. The lowest BCUT2D eigenvalue weighted by atomic mass is 10.1. The van der Waals surface area contributed by atoms with Crippen molar-refractivity contribution in [1.82, 2.24) is 10.2 Å². The Labute approximate surface area is 139 Å². The van der Waals surface area contributed by atoms with Gasteiger partial charge in [-0.25, -0.2) is 0 Å².